The molecule has 4 N–H and O–H groups in total. The number of rotatable bonds is 5. The van der Waals surface area contributed by atoms with Crippen LogP contribution < -0.4 is 11.1 Å². The third-order valence-electron chi connectivity index (χ3n) is 3.56. The van der Waals surface area contributed by atoms with Crippen LogP contribution in [0.1, 0.15) is 35.5 Å². The number of anilines is 1. The van der Waals surface area contributed by atoms with Crippen molar-refractivity contribution < 1.29 is 9.90 Å². The highest BCUT2D eigenvalue weighted by Crippen LogP contribution is 2.34. The maximum absolute atomic E-state index is 12.3. The van der Waals surface area contributed by atoms with Crippen LogP contribution in [-0.4, -0.2) is 29.1 Å². The third kappa shape index (κ3) is 3.33. The van der Waals surface area contributed by atoms with Gasteiger partial charge in [0, 0.05) is 24.7 Å². The van der Waals surface area contributed by atoms with E-state index in [2.05, 4.69) is 10.3 Å². The van der Waals surface area contributed by atoms with Crippen molar-refractivity contribution in [2.45, 2.75) is 27.2 Å². The molecule has 0 unspecified atom stereocenters. The topological polar surface area (TPSA) is 88.2 Å². The van der Waals surface area contributed by atoms with Crippen LogP contribution in [0.25, 0.3) is 10.2 Å². The number of aromatic nitrogens is 1. The Bertz CT molecular complexity index is 664. The van der Waals surface area contributed by atoms with E-state index in [0.717, 1.165) is 15.8 Å². The molecule has 2 aromatic heterocycles. The summed E-state index contributed by atoms with van der Waals surface area (Å²) in [5, 5.41) is 12.8. The molecule has 5 nitrogen and oxygen atoms in total. The first-order chi connectivity index (χ1) is 9.85. The van der Waals surface area contributed by atoms with E-state index in [1.165, 1.54) is 11.3 Å². The molecule has 1 amide bonds. The number of aliphatic hydroxyl groups excluding tert-OH is 1. The Morgan fingerprint density at radius 3 is 2.86 bits per heavy atom. The summed E-state index contributed by atoms with van der Waals surface area (Å²) < 4.78 is 0. The van der Waals surface area contributed by atoms with Gasteiger partial charge in [-0.15, -0.1) is 11.3 Å². The maximum atomic E-state index is 12.3. The number of aliphatic hydroxyl groups is 1. The van der Waals surface area contributed by atoms with E-state index in [1.807, 2.05) is 26.8 Å². The molecular formula is C15H21N3O2S. The Hall–Kier alpha value is -1.66. The van der Waals surface area contributed by atoms with E-state index in [4.69, 9.17) is 10.8 Å². The van der Waals surface area contributed by atoms with E-state index >= 15 is 0 Å². The average molecular weight is 307 g/mol. The number of nitrogens with two attached hydrogens (primary N) is 1. The predicted octanol–water partition coefficient (Wildman–Crippen LogP) is 2.33. The second-order valence-corrected chi connectivity index (χ2v) is 6.97. The second kappa shape index (κ2) is 5.99. The number of nitrogen functional groups attached to an aromatic ring is 1. The maximum Gasteiger partial charge on any atom is 0.263 e. The molecular weight excluding hydrogens is 286 g/mol. The molecule has 0 aliphatic carbocycles. The molecule has 0 fully saturated rings. The molecule has 0 radical (unpaired) electrons. The number of thiophene rings is 1. The number of aryl methyl sites for hydroxylation is 1. The molecule has 0 atom stereocenters. The van der Waals surface area contributed by atoms with Crippen molar-refractivity contribution in [3.8, 4) is 0 Å². The van der Waals surface area contributed by atoms with Gasteiger partial charge in [0.1, 0.15) is 9.71 Å². The van der Waals surface area contributed by atoms with Gasteiger partial charge in [-0.3, -0.25) is 4.79 Å². The second-order valence-electron chi connectivity index (χ2n) is 5.97. The summed E-state index contributed by atoms with van der Waals surface area (Å²) in [6, 6.07) is 1.89. The van der Waals surface area contributed by atoms with Gasteiger partial charge in [-0.1, -0.05) is 13.8 Å². The average Bonchev–Trinajstić information content (AvgIpc) is 2.75. The largest absolute Gasteiger partial charge is 0.397 e. The van der Waals surface area contributed by atoms with Crippen molar-refractivity contribution in [1.29, 1.82) is 0 Å². The summed E-state index contributed by atoms with van der Waals surface area (Å²) in [6.45, 7) is 6.57. The number of hydrogen-bond acceptors (Lipinski definition) is 5. The molecule has 0 saturated heterocycles. The lowest BCUT2D eigenvalue weighted by atomic mass is 9.90. The molecule has 2 heterocycles. The van der Waals surface area contributed by atoms with Crippen molar-refractivity contribution in [3.63, 3.8) is 0 Å². The zero-order valence-electron chi connectivity index (χ0n) is 12.6. The molecule has 0 bridgehead atoms. The molecule has 0 saturated carbocycles. The van der Waals surface area contributed by atoms with Gasteiger partial charge >= 0.3 is 0 Å². The molecule has 2 aromatic rings. The smallest absolute Gasteiger partial charge is 0.263 e. The van der Waals surface area contributed by atoms with Crippen molar-refractivity contribution in [2.75, 3.05) is 18.9 Å². The highest BCUT2D eigenvalue weighted by molar-refractivity contribution is 7.21. The van der Waals surface area contributed by atoms with Crippen molar-refractivity contribution in [3.05, 3.63) is 22.7 Å². The zero-order valence-corrected chi connectivity index (χ0v) is 13.4. The Balaban J connectivity index is 2.21. The van der Waals surface area contributed by atoms with Crippen LogP contribution in [0.2, 0.25) is 0 Å². The van der Waals surface area contributed by atoms with E-state index in [-0.39, 0.29) is 17.9 Å². The van der Waals surface area contributed by atoms with Crippen LogP contribution in [0.5, 0.6) is 0 Å². The number of pyridine rings is 1. The van der Waals surface area contributed by atoms with Crippen LogP contribution >= 0.6 is 11.3 Å². The van der Waals surface area contributed by atoms with E-state index in [1.54, 1.807) is 6.20 Å². The number of amides is 1. The SMILES string of the molecule is Cc1ccnc2sc(C(=O)NCC(C)(C)CCO)c(N)c12. The number of nitrogens with one attached hydrogen (secondary N) is 1. The number of carbonyl (C=O) groups is 1. The quantitative estimate of drug-likeness (QED) is 0.791. The van der Waals surface area contributed by atoms with Crippen LogP contribution in [0, 0.1) is 12.3 Å². The number of nitrogens with zero attached hydrogens (tertiary/aromatic N) is 1. The van der Waals surface area contributed by atoms with Gasteiger partial charge in [-0.05, 0) is 30.4 Å². The Kier molecular flexibility index (Phi) is 4.49. The summed E-state index contributed by atoms with van der Waals surface area (Å²) in [4.78, 5) is 17.9. The van der Waals surface area contributed by atoms with Crippen molar-refractivity contribution in [2.24, 2.45) is 5.41 Å². The van der Waals surface area contributed by atoms with E-state index in [9.17, 15) is 4.79 Å². The number of carbonyl (C=O) groups excluding carboxylic acids is 1. The fourth-order valence-corrected chi connectivity index (χ4v) is 3.22. The number of fused-ring (bicyclic) bond motifs is 1. The predicted molar refractivity (Wildman–Crippen MR) is 86.6 cm³/mol. The molecule has 2 rings (SSSR count). The molecule has 0 aliphatic rings. The van der Waals surface area contributed by atoms with Gasteiger partial charge < -0.3 is 16.2 Å². The summed E-state index contributed by atoms with van der Waals surface area (Å²) in [6.07, 6.45) is 2.36. The van der Waals surface area contributed by atoms with Crippen molar-refractivity contribution in [1.82, 2.24) is 10.3 Å². The monoisotopic (exact) mass is 307 g/mol. The van der Waals surface area contributed by atoms with Crippen LogP contribution in [-0.2, 0) is 0 Å². The number of hydrogen-bond donors (Lipinski definition) is 3. The van der Waals surface area contributed by atoms with Gasteiger partial charge in [0.25, 0.3) is 5.91 Å². The lowest BCUT2D eigenvalue weighted by Gasteiger charge is -2.23. The standard InChI is InChI=1S/C15H21N3O2S/c1-9-4-6-17-14-10(9)11(16)12(21-14)13(20)18-8-15(2,3)5-7-19/h4,6,19H,5,7-8,16H2,1-3H3,(H,18,20). The fraction of sp³-hybridized carbons (Fsp3) is 0.467. The normalized spacial score (nSPS) is 11.8. The molecule has 6 heteroatoms. The lowest BCUT2D eigenvalue weighted by molar-refractivity contribution is 0.0933. The zero-order chi connectivity index (χ0) is 15.6. The van der Waals surface area contributed by atoms with E-state index < -0.39 is 0 Å². The third-order valence-corrected chi connectivity index (χ3v) is 4.67. The lowest BCUT2D eigenvalue weighted by Crippen LogP contribution is -2.34. The van der Waals surface area contributed by atoms with Gasteiger partial charge in [-0.2, -0.15) is 0 Å². The molecule has 114 valence electrons. The molecule has 0 spiro atoms. The minimum Gasteiger partial charge on any atom is -0.397 e. The molecule has 21 heavy (non-hydrogen) atoms. The summed E-state index contributed by atoms with van der Waals surface area (Å²) in [5.41, 5.74) is 7.48. The van der Waals surface area contributed by atoms with Crippen molar-refractivity contribution >= 4 is 33.1 Å². The molecule has 0 aliphatic heterocycles. The van der Waals surface area contributed by atoms with Crippen LogP contribution in [0.15, 0.2) is 12.3 Å². The van der Waals surface area contributed by atoms with Gasteiger partial charge in [-0.25, -0.2) is 4.98 Å². The van der Waals surface area contributed by atoms with Crippen LogP contribution in [0.3, 0.4) is 0 Å². The highest BCUT2D eigenvalue weighted by atomic mass is 32.1. The van der Waals surface area contributed by atoms with Gasteiger partial charge in [0.2, 0.25) is 0 Å². The van der Waals surface area contributed by atoms with Crippen LogP contribution in [0.4, 0.5) is 5.69 Å². The van der Waals surface area contributed by atoms with Gasteiger partial charge in [0.15, 0.2) is 0 Å². The first kappa shape index (κ1) is 15.7. The van der Waals surface area contributed by atoms with Gasteiger partial charge in [0.05, 0.1) is 5.69 Å². The van der Waals surface area contributed by atoms with E-state index in [0.29, 0.717) is 23.5 Å². The minimum absolute atomic E-state index is 0.108. The minimum atomic E-state index is -0.180. The Morgan fingerprint density at radius 2 is 2.24 bits per heavy atom. The summed E-state index contributed by atoms with van der Waals surface area (Å²) in [5.74, 6) is -0.180. The first-order valence-electron chi connectivity index (χ1n) is 6.88. The highest BCUT2D eigenvalue weighted by Gasteiger charge is 2.22. The fourth-order valence-electron chi connectivity index (χ4n) is 2.16. The summed E-state index contributed by atoms with van der Waals surface area (Å²) in [7, 11) is 0. The Labute approximate surface area is 128 Å². The Morgan fingerprint density at radius 1 is 1.52 bits per heavy atom. The molecule has 0 aromatic carbocycles. The first-order valence-corrected chi connectivity index (χ1v) is 7.70. The summed E-state index contributed by atoms with van der Waals surface area (Å²) >= 11 is 1.31.